The van der Waals surface area contributed by atoms with Crippen LogP contribution in [0.1, 0.15) is 42.0 Å². The van der Waals surface area contributed by atoms with Crippen LogP contribution in [0.2, 0.25) is 0 Å². The third kappa shape index (κ3) is 28.1. The van der Waals surface area contributed by atoms with E-state index in [0.717, 1.165) is 0 Å². The maximum absolute atomic E-state index is 11.3. The largest absolute Gasteiger partial charge is 0.472 e. The number of phosphoric ester groups is 2. The number of methoxy groups -OCH3 is 1. The molecule has 0 aromatic rings. The third-order valence-corrected chi connectivity index (χ3v) is 4.44. The van der Waals surface area contributed by atoms with Gasteiger partial charge in [-0.05, 0) is 20.3 Å². The highest BCUT2D eigenvalue weighted by molar-refractivity contribution is 7.47. The van der Waals surface area contributed by atoms with Gasteiger partial charge in [0.1, 0.15) is 0 Å². The van der Waals surface area contributed by atoms with Crippen LogP contribution in [0.4, 0.5) is 0 Å². The highest BCUT2D eigenvalue weighted by Gasteiger charge is 2.20. The van der Waals surface area contributed by atoms with Crippen molar-refractivity contribution in [2.24, 2.45) is 0 Å². The van der Waals surface area contributed by atoms with Crippen molar-refractivity contribution in [1.82, 2.24) is 0 Å². The lowest BCUT2D eigenvalue weighted by molar-refractivity contribution is -0.0255. The molecule has 0 heterocycles. The van der Waals surface area contributed by atoms with Crippen molar-refractivity contribution in [2.45, 2.75) is 48.1 Å². The van der Waals surface area contributed by atoms with Crippen LogP contribution >= 0.6 is 15.6 Å². The smallest absolute Gasteiger partial charge is 0.388 e. The van der Waals surface area contributed by atoms with E-state index in [1.165, 1.54) is 0 Å². The molecular formula is C16H42O11P2. The van der Waals surface area contributed by atoms with Gasteiger partial charge in [0.15, 0.2) is 0 Å². The Morgan fingerprint density at radius 3 is 1.72 bits per heavy atom. The van der Waals surface area contributed by atoms with Gasteiger partial charge in [0.05, 0.1) is 52.4 Å². The zero-order valence-corrected chi connectivity index (χ0v) is 18.5. The molecule has 182 valence electrons. The molecule has 13 heteroatoms. The summed E-state index contributed by atoms with van der Waals surface area (Å²) in [6.45, 7) is 5.58. The van der Waals surface area contributed by atoms with Gasteiger partial charge in [-0.25, -0.2) is 9.13 Å². The zero-order chi connectivity index (χ0) is 21.2. The summed E-state index contributed by atoms with van der Waals surface area (Å²) in [5, 5.41) is 0. The van der Waals surface area contributed by atoms with E-state index < -0.39 is 15.6 Å². The van der Waals surface area contributed by atoms with Gasteiger partial charge in [-0.15, -0.1) is 0 Å². The van der Waals surface area contributed by atoms with Gasteiger partial charge in [-0.2, -0.15) is 0 Å². The van der Waals surface area contributed by atoms with E-state index in [1.54, 1.807) is 28.1 Å². The number of phosphoric acid groups is 2. The monoisotopic (exact) mass is 472 g/mol. The molecule has 2 N–H and O–H groups in total. The Morgan fingerprint density at radius 2 is 1.24 bits per heavy atom. The third-order valence-electron chi connectivity index (χ3n) is 2.33. The molecule has 0 saturated carbocycles. The van der Waals surface area contributed by atoms with Crippen LogP contribution in [0.15, 0.2) is 0 Å². The predicted octanol–water partition coefficient (Wildman–Crippen LogP) is 3.64. The van der Waals surface area contributed by atoms with Crippen LogP contribution in [0.5, 0.6) is 0 Å². The quantitative estimate of drug-likeness (QED) is 0.251. The van der Waals surface area contributed by atoms with Crippen molar-refractivity contribution in [2.75, 3.05) is 60.5 Å². The summed E-state index contributed by atoms with van der Waals surface area (Å²) < 4.78 is 55.9. The summed E-state index contributed by atoms with van der Waals surface area (Å²) >= 11 is 0. The van der Waals surface area contributed by atoms with E-state index in [2.05, 4.69) is 18.3 Å². The summed E-state index contributed by atoms with van der Waals surface area (Å²) in [5.41, 5.74) is 0. The van der Waals surface area contributed by atoms with Crippen molar-refractivity contribution in [3.8, 4) is 0 Å². The Morgan fingerprint density at radius 1 is 0.793 bits per heavy atom. The standard InChI is InChI=1S/C12H28O10P2.C2H6O.2CH4/c1-4-6-20-24(15,16)21-9-7-17-11-12(3)18-8-10-22-23(13,14)19-5-2;1-3-2;;/h12H,4-11H2,1-3H3,(H,13,14)(H,15,16);1-2H3;2*1H4. The topological polar surface area (TPSA) is 139 Å². The normalized spacial score (nSPS) is 15.6. The SMILES string of the molecule is C.C.CCCOP(=O)(O)OCCOCC(C)OCCOP(=O)(O)OCC.COC. The maximum atomic E-state index is 11.3. The first kappa shape index (κ1) is 36.5. The van der Waals surface area contributed by atoms with E-state index in [0.29, 0.717) is 6.42 Å². The predicted molar refractivity (Wildman–Crippen MR) is 112 cm³/mol. The molecule has 0 aliphatic carbocycles. The van der Waals surface area contributed by atoms with Crippen LogP contribution in [0, 0.1) is 0 Å². The van der Waals surface area contributed by atoms with Crippen molar-refractivity contribution in [3.63, 3.8) is 0 Å². The minimum absolute atomic E-state index is 0. The van der Waals surface area contributed by atoms with Crippen molar-refractivity contribution < 1.29 is 51.2 Å². The molecule has 0 amide bonds. The van der Waals surface area contributed by atoms with Gasteiger partial charge in [-0.1, -0.05) is 21.8 Å². The first-order valence-electron chi connectivity index (χ1n) is 8.47. The van der Waals surface area contributed by atoms with Crippen molar-refractivity contribution >= 4 is 15.6 Å². The molecule has 29 heavy (non-hydrogen) atoms. The van der Waals surface area contributed by atoms with Gasteiger partial charge < -0.3 is 24.0 Å². The highest BCUT2D eigenvalue weighted by atomic mass is 31.2. The Kier molecular flexibility index (Phi) is 28.6. The van der Waals surface area contributed by atoms with Crippen LogP contribution < -0.4 is 0 Å². The number of hydrogen-bond donors (Lipinski definition) is 2. The fraction of sp³-hybridized carbons (Fsp3) is 1.00. The Bertz CT molecular complexity index is 424. The first-order valence-corrected chi connectivity index (χ1v) is 11.5. The van der Waals surface area contributed by atoms with E-state index in [-0.39, 0.29) is 67.2 Å². The second kappa shape index (κ2) is 22.8. The lowest BCUT2D eigenvalue weighted by Gasteiger charge is -2.15. The van der Waals surface area contributed by atoms with E-state index >= 15 is 0 Å². The zero-order valence-electron chi connectivity index (χ0n) is 16.7. The van der Waals surface area contributed by atoms with Gasteiger partial charge in [0.2, 0.25) is 0 Å². The van der Waals surface area contributed by atoms with Gasteiger partial charge >= 0.3 is 15.6 Å². The fourth-order valence-electron chi connectivity index (χ4n) is 1.36. The molecule has 0 radical (unpaired) electrons. The molecule has 0 aromatic carbocycles. The average molecular weight is 472 g/mol. The molecule has 3 unspecified atom stereocenters. The molecule has 0 saturated heterocycles. The molecule has 0 spiro atoms. The minimum Gasteiger partial charge on any atom is -0.388 e. The molecule has 0 bridgehead atoms. The van der Waals surface area contributed by atoms with Crippen molar-refractivity contribution in [3.05, 3.63) is 0 Å². The highest BCUT2D eigenvalue weighted by Crippen LogP contribution is 2.43. The van der Waals surface area contributed by atoms with Crippen LogP contribution in [0.25, 0.3) is 0 Å². The lowest BCUT2D eigenvalue weighted by atomic mass is 10.4. The number of hydrogen-bond acceptors (Lipinski definition) is 9. The van der Waals surface area contributed by atoms with E-state index in [4.69, 9.17) is 18.9 Å². The molecule has 11 nitrogen and oxygen atoms in total. The fourth-order valence-corrected chi connectivity index (χ4v) is 2.85. The molecule has 0 rings (SSSR count). The Balaban J connectivity index is -0.000000585. The Labute approximate surface area is 176 Å². The number of ether oxygens (including phenoxy) is 3. The summed E-state index contributed by atoms with van der Waals surface area (Å²) in [7, 11) is -4.75. The summed E-state index contributed by atoms with van der Waals surface area (Å²) in [5.74, 6) is 0. The van der Waals surface area contributed by atoms with Crippen molar-refractivity contribution in [1.29, 1.82) is 0 Å². The molecule has 0 aliphatic heterocycles. The van der Waals surface area contributed by atoms with Crippen LogP contribution in [-0.4, -0.2) is 76.4 Å². The number of rotatable bonds is 16. The van der Waals surface area contributed by atoms with Gasteiger partial charge in [0.25, 0.3) is 0 Å². The van der Waals surface area contributed by atoms with Gasteiger partial charge in [-0.3, -0.25) is 18.1 Å². The Hall–Kier alpha value is 0.1000. The summed E-state index contributed by atoms with van der Waals surface area (Å²) in [6.07, 6.45) is 0.315. The van der Waals surface area contributed by atoms with Gasteiger partial charge in [0, 0.05) is 14.2 Å². The first-order chi connectivity index (χ1) is 12.6. The molecule has 0 aromatic heterocycles. The molecule has 0 fully saturated rings. The summed E-state index contributed by atoms with van der Waals surface area (Å²) in [6, 6.07) is 0. The maximum Gasteiger partial charge on any atom is 0.472 e. The van der Waals surface area contributed by atoms with Crippen LogP contribution in [-0.2, 0) is 41.4 Å². The molecule has 0 aliphatic rings. The molecular weight excluding hydrogens is 430 g/mol. The summed E-state index contributed by atoms with van der Waals surface area (Å²) in [4.78, 5) is 18.4. The van der Waals surface area contributed by atoms with E-state index in [1.807, 2.05) is 6.92 Å². The second-order valence-electron chi connectivity index (χ2n) is 5.02. The second-order valence-corrected chi connectivity index (χ2v) is 7.93. The minimum atomic E-state index is -4.01. The molecule has 3 atom stereocenters. The lowest BCUT2D eigenvalue weighted by Crippen LogP contribution is -2.20. The van der Waals surface area contributed by atoms with E-state index in [9.17, 15) is 14.0 Å². The average Bonchev–Trinajstić information content (AvgIpc) is 2.57. The van der Waals surface area contributed by atoms with Crippen LogP contribution in [0.3, 0.4) is 0 Å².